The molecule has 0 aromatic rings. The first-order valence-corrected chi connectivity index (χ1v) is 29.0. The summed E-state index contributed by atoms with van der Waals surface area (Å²) in [7, 11) is 0. The lowest BCUT2D eigenvalue weighted by Crippen LogP contribution is -2.30. The number of carbonyl (C=O) groups is 3. The van der Waals surface area contributed by atoms with Gasteiger partial charge in [0, 0.05) is 19.3 Å². The van der Waals surface area contributed by atoms with Crippen molar-refractivity contribution in [1.82, 2.24) is 0 Å². The molecule has 6 nitrogen and oxygen atoms in total. The van der Waals surface area contributed by atoms with Crippen LogP contribution in [0.15, 0.2) is 122 Å². The summed E-state index contributed by atoms with van der Waals surface area (Å²) in [6, 6.07) is 0. The SMILES string of the molecule is CC/C=C\C/C=C\C/C=C\C/C=C\C/C=C\CCCCCC(=O)OCC(COC(=O)CCCCCCCCC/C=C\CCCCCCCC)OC(=O)CCC/C=C\C/C=C\C/C=C\C/C=C\CCCCC. The van der Waals surface area contributed by atoms with E-state index in [2.05, 4.69) is 142 Å². The van der Waals surface area contributed by atoms with Gasteiger partial charge in [0.2, 0.25) is 0 Å². The first-order valence-electron chi connectivity index (χ1n) is 29.0. The predicted octanol–water partition coefficient (Wildman–Crippen LogP) is 19.6. The summed E-state index contributed by atoms with van der Waals surface area (Å²) < 4.78 is 16.8. The predicted molar refractivity (Wildman–Crippen MR) is 306 cm³/mol. The lowest BCUT2D eigenvalue weighted by atomic mass is 10.1. The first kappa shape index (κ1) is 66.8. The molecule has 1 atom stereocenters. The van der Waals surface area contributed by atoms with Crippen LogP contribution in [0, 0.1) is 0 Å². The van der Waals surface area contributed by atoms with Crippen LogP contribution < -0.4 is 0 Å². The van der Waals surface area contributed by atoms with Gasteiger partial charge in [-0.25, -0.2) is 0 Å². The van der Waals surface area contributed by atoms with Gasteiger partial charge in [-0.3, -0.25) is 14.4 Å². The molecule has 0 radical (unpaired) electrons. The molecule has 0 saturated carbocycles. The zero-order chi connectivity index (χ0) is 51.4. The van der Waals surface area contributed by atoms with Crippen LogP contribution in [0.3, 0.4) is 0 Å². The van der Waals surface area contributed by atoms with E-state index in [0.717, 1.165) is 103 Å². The Morgan fingerprint density at radius 2 is 0.563 bits per heavy atom. The van der Waals surface area contributed by atoms with E-state index in [0.29, 0.717) is 19.3 Å². The van der Waals surface area contributed by atoms with E-state index in [1.165, 1.54) is 103 Å². The normalized spacial score (nSPS) is 13.0. The molecule has 0 N–H and O–H groups in total. The molecule has 6 heteroatoms. The van der Waals surface area contributed by atoms with E-state index in [1.807, 2.05) is 0 Å². The van der Waals surface area contributed by atoms with Crippen molar-refractivity contribution in [2.45, 2.75) is 258 Å². The van der Waals surface area contributed by atoms with Crippen molar-refractivity contribution >= 4 is 17.9 Å². The number of rotatable bonds is 51. The maximum atomic E-state index is 12.8. The highest BCUT2D eigenvalue weighted by Gasteiger charge is 2.19. The molecule has 1 unspecified atom stereocenters. The van der Waals surface area contributed by atoms with Crippen LogP contribution in [0.2, 0.25) is 0 Å². The number of carbonyl (C=O) groups excluding carboxylic acids is 3. The van der Waals surface area contributed by atoms with Gasteiger partial charge in [0.15, 0.2) is 6.10 Å². The zero-order valence-corrected chi connectivity index (χ0v) is 45.9. The van der Waals surface area contributed by atoms with E-state index in [9.17, 15) is 14.4 Å². The Kier molecular flexibility index (Phi) is 54.9. The third-order valence-electron chi connectivity index (χ3n) is 11.9. The minimum Gasteiger partial charge on any atom is -0.462 e. The van der Waals surface area contributed by atoms with Gasteiger partial charge in [-0.15, -0.1) is 0 Å². The average Bonchev–Trinajstić information content (AvgIpc) is 3.37. The van der Waals surface area contributed by atoms with E-state index in [1.54, 1.807) is 0 Å². The number of allylic oxidation sites excluding steroid dienone is 20. The van der Waals surface area contributed by atoms with Crippen molar-refractivity contribution in [3.05, 3.63) is 122 Å². The van der Waals surface area contributed by atoms with E-state index in [-0.39, 0.29) is 37.5 Å². The van der Waals surface area contributed by atoms with Crippen molar-refractivity contribution < 1.29 is 28.6 Å². The molecule has 0 bridgehead atoms. The fraction of sp³-hybridized carbons (Fsp3) is 0.646. The van der Waals surface area contributed by atoms with Crippen molar-refractivity contribution in [3.8, 4) is 0 Å². The van der Waals surface area contributed by atoms with Crippen molar-refractivity contribution in [2.24, 2.45) is 0 Å². The molecule has 0 spiro atoms. The van der Waals surface area contributed by atoms with E-state index < -0.39 is 6.10 Å². The van der Waals surface area contributed by atoms with Gasteiger partial charge in [0.05, 0.1) is 0 Å². The van der Waals surface area contributed by atoms with Crippen molar-refractivity contribution in [2.75, 3.05) is 13.2 Å². The molecule has 71 heavy (non-hydrogen) atoms. The fourth-order valence-corrected chi connectivity index (χ4v) is 7.57. The van der Waals surface area contributed by atoms with E-state index in [4.69, 9.17) is 14.2 Å². The summed E-state index contributed by atoms with van der Waals surface area (Å²) in [6.07, 6.45) is 80.5. The lowest BCUT2D eigenvalue weighted by Gasteiger charge is -2.18. The summed E-state index contributed by atoms with van der Waals surface area (Å²) in [5, 5.41) is 0. The minimum absolute atomic E-state index is 0.115. The van der Waals surface area contributed by atoms with Crippen LogP contribution in [-0.2, 0) is 28.6 Å². The van der Waals surface area contributed by atoms with Crippen LogP contribution in [0.1, 0.15) is 252 Å². The topological polar surface area (TPSA) is 78.9 Å². The minimum atomic E-state index is -0.826. The Hall–Kier alpha value is -4.19. The molecule has 0 heterocycles. The molecule has 0 fully saturated rings. The van der Waals surface area contributed by atoms with Gasteiger partial charge < -0.3 is 14.2 Å². The Morgan fingerprint density at radius 1 is 0.296 bits per heavy atom. The van der Waals surface area contributed by atoms with Gasteiger partial charge >= 0.3 is 17.9 Å². The molecule has 0 aliphatic rings. The van der Waals surface area contributed by atoms with Gasteiger partial charge in [-0.05, 0) is 128 Å². The quantitative estimate of drug-likeness (QED) is 0.0261. The third-order valence-corrected chi connectivity index (χ3v) is 11.9. The van der Waals surface area contributed by atoms with Gasteiger partial charge in [0.1, 0.15) is 13.2 Å². The van der Waals surface area contributed by atoms with Gasteiger partial charge in [-0.1, -0.05) is 226 Å². The second kappa shape index (κ2) is 58.4. The van der Waals surface area contributed by atoms with Gasteiger partial charge in [-0.2, -0.15) is 0 Å². The number of hydrogen-bond donors (Lipinski definition) is 0. The molecular formula is C65H106O6. The van der Waals surface area contributed by atoms with Crippen LogP contribution in [0.25, 0.3) is 0 Å². The molecular weight excluding hydrogens is 877 g/mol. The van der Waals surface area contributed by atoms with Crippen molar-refractivity contribution in [3.63, 3.8) is 0 Å². The maximum absolute atomic E-state index is 12.8. The Morgan fingerprint density at radius 3 is 0.958 bits per heavy atom. The monoisotopic (exact) mass is 983 g/mol. The Balaban J connectivity index is 4.55. The number of ether oxygens (including phenoxy) is 3. The number of esters is 3. The van der Waals surface area contributed by atoms with Crippen LogP contribution in [0.5, 0.6) is 0 Å². The molecule has 0 aromatic heterocycles. The van der Waals surface area contributed by atoms with Crippen molar-refractivity contribution in [1.29, 1.82) is 0 Å². The number of hydrogen-bond acceptors (Lipinski definition) is 6. The molecule has 402 valence electrons. The molecule has 0 aliphatic heterocycles. The molecule has 0 rings (SSSR count). The standard InChI is InChI=1S/C65H106O6/c1-4-7-10-13-16-19-22-25-28-31-32-35-37-40-43-46-49-52-55-58-64(67)70-61-62(71-65(68)59-56-53-50-47-44-41-38-34-30-27-24-21-18-15-12-9-6-3)60-69-63(66)57-54-51-48-45-42-39-36-33-29-26-23-20-17-14-11-8-5-2/h7,10,16,18-19,21,25-30,32,35,38,40-41,43,47,50,62H,4-6,8-9,11-15,17,20,22-24,31,33-34,36-37,39,42,44-46,48-49,51-61H2,1-3H3/b10-7-,19-16-,21-18-,28-25-,29-26-,30-27-,35-32-,41-38-,43-40-,50-47-. The molecule has 0 aromatic carbocycles. The summed E-state index contributed by atoms with van der Waals surface area (Å²) in [5.41, 5.74) is 0. The molecule has 0 amide bonds. The third kappa shape index (κ3) is 56.6. The summed E-state index contributed by atoms with van der Waals surface area (Å²) in [4.78, 5) is 38.2. The highest BCUT2D eigenvalue weighted by molar-refractivity contribution is 5.71. The molecule has 0 saturated heterocycles. The average molecular weight is 984 g/mol. The highest BCUT2D eigenvalue weighted by Crippen LogP contribution is 2.13. The van der Waals surface area contributed by atoms with Crippen LogP contribution >= 0.6 is 0 Å². The maximum Gasteiger partial charge on any atom is 0.306 e. The zero-order valence-electron chi connectivity index (χ0n) is 45.9. The first-order chi connectivity index (χ1) is 35.0. The lowest BCUT2D eigenvalue weighted by molar-refractivity contribution is -0.167. The van der Waals surface area contributed by atoms with E-state index >= 15 is 0 Å². The summed E-state index contributed by atoms with van der Waals surface area (Å²) in [5.74, 6) is -1.01. The second-order valence-electron chi connectivity index (χ2n) is 18.8. The Labute approximate surface area is 437 Å². The largest absolute Gasteiger partial charge is 0.462 e. The second-order valence-corrected chi connectivity index (χ2v) is 18.8. The summed E-state index contributed by atoms with van der Waals surface area (Å²) in [6.45, 7) is 6.42. The smallest absolute Gasteiger partial charge is 0.306 e. The Bertz CT molecular complexity index is 1500. The summed E-state index contributed by atoms with van der Waals surface area (Å²) >= 11 is 0. The van der Waals surface area contributed by atoms with Gasteiger partial charge in [0.25, 0.3) is 0 Å². The highest BCUT2D eigenvalue weighted by atomic mass is 16.6. The fourth-order valence-electron chi connectivity index (χ4n) is 7.57. The number of unbranched alkanes of at least 4 members (excludes halogenated alkanes) is 20. The molecule has 0 aliphatic carbocycles. The van der Waals surface area contributed by atoms with Crippen LogP contribution in [0.4, 0.5) is 0 Å². The van der Waals surface area contributed by atoms with Crippen LogP contribution in [-0.4, -0.2) is 37.2 Å².